The van der Waals surface area contributed by atoms with Crippen molar-refractivity contribution in [3.8, 4) is 0 Å². The molecule has 1 aromatic rings. The van der Waals surface area contributed by atoms with E-state index in [2.05, 4.69) is 4.72 Å². The van der Waals surface area contributed by atoms with Gasteiger partial charge in [-0.3, -0.25) is 4.79 Å². The number of rotatable bonds is 0. The second-order valence-corrected chi connectivity index (χ2v) is 4.89. The number of fused-ring (bicyclic) bond motifs is 1. The Morgan fingerprint density at radius 1 is 1.64 bits per heavy atom. The minimum atomic E-state index is -1.92. The van der Waals surface area contributed by atoms with Gasteiger partial charge < -0.3 is 9.11 Å². The van der Waals surface area contributed by atoms with Gasteiger partial charge in [0.25, 0.3) is 5.91 Å². The summed E-state index contributed by atoms with van der Waals surface area (Å²) in [5.74, 6) is -0.386. The van der Waals surface area contributed by atoms with E-state index in [0.29, 0.717) is 5.56 Å². The molecule has 1 radical (unpaired) electrons. The molecule has 0 fully saturated rings. The fraction of sp³-hybridized carbons (Fsp3) is 0. The minimum absolute atomic E-state index is 0.241. The lowest BCUT2D eigenvalue weighted by Gasteiger charge is -2.05. The van der Waals surface area contributed by atoms with Crippen molar-refractivity contribution >= 4 is 28.0 Å². The number of thiol groups is 1. The van der Waals surface area contributed by atoms with Crippen LogP contribution in [0.2, 0.25) is 0 Å². The van der Waals surface area contributed by atoms with Crippen molar-refractivity contribution in [3.05, 3.63) is 17.0 Å². The molecule has 0 bridgehead atoms. The van der Waals surface area contributed by atoms with Gasteiger partial charge in [0.15, 0.2) is 5.56 Å². The van der Waals surface area contributed by atoms with Gasteiger partial charge in [0.1, 0.15) is 5.38 Å². The van der Waals surface area contributed by atoms with Gasteiger partial charge in [-0.05, 0) is 22.1 Å². The molecule has 6 heteroatoms. The van der Waals surface area contributed by atoms with Crippen LogP contribution >= 0.6 is 10.8 Å². The highest BCUT2D eigenvalue weighted by molar-refractivity contribution is 7.93. The van der Waals surface area contributed by atoms with E-state index in [1.165, 1.54) is 11.4 Å². The Hall–Kier alpha value is -0.560. The summed E-state index contributed by atoms with van der Waals surface area (Å²) in [5, 5.41) is 1.37. The third-order valence-corrected chi connectivity index (χ3v) is 4.45. The lowest BCUT2D eigenvalue weighted by molar-refractivity contribution is 0.0985. The molecular weight excluding hydrogens is 186 g/mol. The molecular formula is C5H4NO3S2. The maximum atomic E-state index is 11.0. The van der Waals surface area contributed by atoms with E-state index >= 15 is 0 Å². The molecule has 1 amide bonds. The summed E-state index contributed by atoms with van der Waals surface area (Å²) in [5.41, 5.74) is 0.310. The van der Waals surface area contributed by atoms with Gasteiger partial charge in [-0.25, -0.2) is 4.72 Å². The molecule has 11 heavy (non-hydrogen) atoms. The lowest BCUT2D eigenvalue weighted by Crippen LogP contribution is -2.21. The monoisotopic (exact) mass is 190 g/mol. The highest BCUT2D eigenvalue weighted by Gasteiger charge is 2.36. The van der Waals surface area contributed by atoms with E-state index in [0.717, 1.165) is 0 Å². The predicted octanol–water partition coefficient (Wildman–Crippen LogP) is -0.0875. The molecule has 0 saturated carbocycles. The summed E-state index contributed by atoms with van der Waals surface area (Å²) in [7, 11) is -1.35. The molecule has 4 nitrogen and oxygen atoms in total. The summed E-state index contributed by atoms with van der Waals surface area (Å²) in [6.45, 7) is 0. The lowest BCUT2D eigenvalue weighted by atomic mass is 10.3. The summed E-state index contributed by atoms with van der Waals surface area (Å²) in [6, 6.07) is 1.45. The number of hydrogen-bond acceptors (Lipinski definition) is 3. The number of hydrogen-bond donors (Lipinski definition) is 1. The van der Waals surface area contributed by atoms with Crippen LogP contribution in [0, 0.1) is 0 Å². The van der Waals surface area contributed by atoms with Gasteiger partial charge in [-0.2, -0.15) is 0 Å². The van der Waals surface area contributed by atoms with Gasteiger partial charge >= 0.3 is 4.21 Å². The Bertz CT molecular complexity index is 322. The van der Waals surface area contributed by atoms with Crippen LogP contribution in [0.5, 0.6) is 0 Å². The Morgan fingerprint density at radius 3 is 3.00 bits per heavy atom. The maximum Gasteiger partial charge on any atom is 0.338 e. The molecule has 0 spiro atoms. The van der Waals surface area contributed by atoms with Crippen molar-refractivity contribution in [2.24, 2.45) is 0 Å². The standard InChI is InChI=1S/C5H4NO3S2/c7-4-3-1-2-10(8)5(3)11(9)6-4/h1-2,11H,(H,6,7). The zero-order chi connectivity index (χ0) is 8.01. The van der Waals surface area contributed by atoms with Crippen molar-refractivity contribution in [1.29, 1.82) is 0 Å². The molecule has 2 rings (SSSR count). The van der Waals surface area contributed by atoms with Crippen LogP contribution in [0.15, 0.2) is 15.7 Å². The largest absolute Gasteiger partial charge is 0.626 e. The van der Waals surface area contributed by atoms with Crippen molar-refractivity contribution in [2.75, 3.05) is 0 Å². The molecule has 0 aliphatic carbocycles. The van der Waals surface area contributed by atoms with E-state index in [4.69, 9.17) is 0 Å². The molecule has 2 heterocycles. The van der Waals surface area contributed by atoms with Crippen molar-refractivity contribution in [1.82, 2.24) is 4.72 Å². The summed E-state index contributed by atoms with van der Waals surface area (Å²) in [4.78, 5) is 10.9. The summed E-state index contributed by atoms with van der Waals surface area (Å²) >= 11 is -1.92. The molecule has 0 saturated heterocycles. The molecule has 2 unspecified atom stereocenters. The van der Waals surface area contributed by atoms with Gasteiger partial charge in [0.05, 0.1) is 0 Å². The first-order valence-corrected chi connectivity index (χ1v) is 5.28. The van der Waals surface area contributed by atoms with Crippen LogP contribution < -0.4 is 4.72 Å². The van der Waals surface area contributed by atoms with Crippen molar-refractivity contribution < 1.29 is 13.9 Å². The first-order chi connectivity index (χ1) is 5.20. The fourth-order valence-electron chi connectivity index (χ4n) is 0.941. The number of amides is 1. The highest BCUT2D eigenvalue weighted by Crippen LogP contribution is 2.33. The number of nitrogens with one attached hydrogen (secondary N) is 1. The van der Waals surface area contributed by atoms with Crippen LogP contribution in [0.3, 0.4) is 0 Å². The van der Waals surface area contributed by atoms with Crippen LogP contribution in [0.4, 0.5) is 0 Å². The molecule has 1 aromatic heterocycles. The Kier molecular flexibility index (Phi) is 1.43. The molecule has 59 valence electrons. The van der Waals surface area contributed by atoms with Crippen LogP contribution in [0.1, 0.15) is 10.4 Å². The van der Waals surface area contributed by atoms with Gasteiger partial charge in [0, 0.05) is 6.07 Å². The second-order valence-electron chi connectivity index (χ2n) is 2.05. The van der Waals surface area contributed by atoms with Crippen molar-refractivity contribution in [2.45, 2.75) is 4.21 Å². The number of thiophene rings is 1. The van der Waals surface area contributed by atoms with Crippen molar-refractivity contribution in [3.63, 3.8) is 0 Å². The second kappa shape index (κ2) is 2.21. The zero-order valence-corrected chi connectivity index (χ0v) is 6.95. The van der Waals surface area contributed by atoms with Crippen LogP contribution in [0.25, 0.3) is 0 Å². The first-order valence-electron chi connectivity index (χ1n) is 2.81. The highest BCUT2D eigenvalue weighted by atomic mass is 32.3. The Labute approximate surface area is 68.3 Å². The maximum absolute atomic E-state index is 11.0. The van der Waals surface area contributed by atoms with E-state index < -0.39 is 22.1 Å². The van der Waals surface area contributed by atoms with Gasteiger partial charge in [0.2, 0.25) is 0 Å². The third-order valence-electron chi connectivity index (χ3n) is 1.41. The van der Waals surface area contributed by atoms with E-state index in [-0.39, 0.29) is 10.1 Å². The average Bonchev–Trinajstić information content (AvgIpc) is 2.41. The third kappa shape index (κ3) is 0.875. The normalized spacial score (nSPS) is 23.3. The molecule has 2 atom stereocenters. The van der Waals surface area contributed by atoms with Crippen LogP contribution in [-0.4, -0.2) is 15.0 Å². The number of carbonyl (C=O) groups is 1. The topological polar surface area (TPSA) is 75.2 Å². The zero-order valence-electron chi connectivity index (χ0n) is 5.23. The minimum Gasteiger partial charge on any atom is -0.626 e. The quantitative estimate of drug-likeness (QED) is 0.459. The average molecular weight is 190 g/mol. The van der Waals surface area contributed by atoms with Gasteiger partial charge in [-0.15, -0.1) is 0 Å². The van der Waals surface area contributed by atoms with Crippen LogP contribution in [-0.2, 0) is 11.4 Å². The Balaban J connectivity index is 2.63. The SMILES string of the molecule is O=C1N[SH+]([O-])c2c1cc[s+]2[O-]. The van der Waals surface area contributed by atoms with E-state index in [1.54, 1.807) is 0 Å². The molecule has 1 aliphatic heterocycles. The smallest absolute Gasteiger partial charge is 0.338 e. The van der Waals surface area contributed by atoms with Gasteiger partial charge in [-0.1, -0.05) is 0 Å². The summed E-state index contributed by atoms with van der Waals surface area (Å²) in [6.07, 6.45) is 0. The predicted molar refractivity (Wildman–Crippen MR) is 40.4 cm³/mol. The Morgan fingerprint density at radius 2 is 2.36 bits per heavy atom. The molecule has 0 aromatic carbocycles. The summed E-state index contributed by atoms with van der Waals surface area (Å²) < 4.78 is 24.4. The van der Waals surface area contributed by atoms with E-state index in [1.807, 2.05) is 0 Å². The molecule has 1 aliphatic rings. The first kappa shape index (κ1) is 7.11. The number of carbonyl (C=O) groups excluding carboxylic acids is 1. The molecule has 1 N–H and O–H groups in total. The fourth-order valence-corrected chi connectivity index (χ4v) is 3.48. The van der Waals surface area contributed by atoms with E-state index in [9.17, 15) is 13.9 Å².